The van der Waals surface area contributed by atoms with Crippen molar-refractivity contribution in [1.29, 1.82) is 0 Å². The fourth-order valence-corrected chi connectivity index (χ4v) is 4.35. The van der Waals surface area contributed by atoms with E-state index in [1.807, 2.05) is 25.3 Å². The molecule has 1 aromatic heterocycles. The minimum absolute atomic E-state index is 0.0132. The highest BCUT2D eigenvalue weighted by Crippen LogP contribution is 2.26. The molecule has 0 aliphatic heterocycles. The third-order valence-corrected chi connectivity index (χ3v) is 6.40. The van der Waals surface area contributed by atoms with Crippen molar-refractivity contribution in [2.75, 3.05) is 11.1 Å². The van der Waals surface area contributed by atoms with Gasteiger partial charge in [-0.1, -0.05) is 49.3 Å². The van der Waals surface area contributed by atoms with Crippen LogP contribution in [0, 0.1) is 16.0 Å². The van der Waals surface area contributed by atoms with E-state index in [1.165, 1.54) is 36.0 Å². The number of carbonyl (C=O) groups excluding carboxylic acids is 2. The second kappa shape index (κ2) is 11.8. The highest BCUT2D eigenvalue weighted by molar-refractivity contribution is 7.99. The Balaban J connectivity index is 1.69. The number of hydrogen-bond donors (Lipinski definition) is 2. The molecule has 0 bridgehead atoms. The fourth-order valence-electron chi connectivity index (χ4n) is 3.32. The molecule has 0 saturated carbocycles. The Hall–Kier alpha value is -3.44. The van der Waals surface area contributed by atoms with E-state index >= 15 is 0 Å². The third kappa shape index (κ3) is 6.58. The Morgan fingerprint density at radius 1 is 1.14 bits per heavy atom. The van der Waals surface area contributed by atoms with Gasteiger partial charge in [0.25, 0.3) is 11.6 Å². The van der Waals surface area contributed by atoms with Crippen LogP contribution in [0.25, 0.3) is 0 Å². The van der Waals surface area contributed by atoms with Crippen molar-refractivity contribution < 1.29 is 14.5 Å². The highest BCUT2D eigenvalue weighted by atomic mass is 35.5. The molecule has 35 heavy (non-hydrogen) atoms. The van der Waals surface area contributed by atoms with Crippen molar-refractivity contribution in [3.8, 4) is 0 Å². The van der Waals surface area contributed by atoms with Gasteiger partial charge in [-0.25, -0.2) is 0 Å². The van der Waals surface area contributed by atoms with Crippen LogP contribution in [-0.2, 0) is 11.3 Å². The lowest BCUT2D eigenvalue weighted by atomic mass is 10.0. The molecule has 0 unspecified atom stereocenters. The third-order valence-electron chi connectivity index (χ3n) is 5.11. The van der Waals surface area contributed by atoms with Crippen molar-refractivity contribution in [1.82, 2.24) is 20.1 Å². The van der Waals surface area contributed by atoms with Gasteiger partial charge in [0.1, 0.15) is 0 Å². The number of nitrogens with zero attached hydrogens (tertiary/aromatic N) is 4. The van der Waals surface area contributed by atoms with Gasteiger partial charge in [0, 0.05) is 24.4 Å². The van der Waals surface area contributed by atoms with Crippen molar-refractivity contribution in [2.45, 2.75) is 38.5 Å². The number of rotatable bonds is 10. The summed E-state index contributed by atoms with van der Waals surface area (Å²) in [6.45, 7) is 6.41. The molecule has 10 nitrogen and oxygen atoms in total. The molecule has 0 fully saturated rings. The maximum Gasteiger partial charge on any atom is 0.269 e. The lowest BCUT2D eigenvalue weighted by Crippen LogP contribution is -2.34. The zero-order valence-electron chi connectivity index (χ0n) is 19.4. The number of aromatic nitrogens is 3. The van der Waals surface area contributed by atoms with Gasteiger partial charge < -0.3 is 15.2 Å². The van der Waals surface area contributed by atoms with E-state index in [-0.39, 0.29) is 29.2 Å². The van der Waals surface area contributed by atoms with Crippen LogP contribution in [0.1, 0.15) is 43.0 Å². The Kier molecular flexibility index (Phi) is 8.83. The maximum absolute atomic E-state index is 12.9. The standard InChI is InChI=1S/C23H25ClN6O4S/c1-4-29-21(20(14(2)3)26-22(32)17-7-5-6-8-18(17)24)27-28-23(29)35-13-19(31)25-15-9-11-16(12-10-15)30(33)34/h5-12,14,20H,4,13H2,1-3H3,(H,25,31)(H,26,32)/t20-/m1/s1. The lowest BCUT2D eigenvalue weighted by molar-refractivity contribution is -0.384. The summed E-state index contributed by atoms with van der Waals surface area (Å²) in [5, 5.41) is 25.9. The lowest BCUT2D eigenvalue weighted by Gasteiger charge is -2.22. The van der Waals surface area contributed by atoms with Gasteiger partial charge in [0.05, 0.1) is 27.3 Å². The predicted octanol–water partition coefficient (Wildman–Crippen LogP) is 4.72. The number of hydrogen-bond acceptors (Lipinski definition) is 7. The Morgan fingerprint density at radius 3 is 2.43 bits per heavy atom. The molecule has 1 atom stereocenters. The molecule has 0 saturated heterocycles. The summed E-state index contributed by atoms with van der Waals surface area (Å²) in [6.07, 6.45) is 0. The van der Waals surface area contributed by atoms with E-state index in [1.54, 1.807) is 24.3 Å². The average molecular weight is 517 g/mol. The normalized spacial score (nSPS) is 11.8. The number of carbonyl (C=O) groups is 2. The SMILES string of the molecule is CCn1c(SCC(=O)Nc2ccc([N+](=O)[O-])cc2)nnc1[C@H](NC(=O)c1ccccc1Cl)C(C)C. The molecule has 0 spiro atoms. The molecule has 0 aliphatic carbocycles. The largest absolute Gasteiger partial charge is 0.342 e. The number of nitrogens with one attached hydrogen (secondary N) is 2. The van der Waals surface area contributed by atoms with Gasteiger partial charge in [-0.2, -0.15) is 0 Å². The minimum atomic E-state index is -0.502. The van der Waals surface area contributed by atoms with Crippen LogP contribution < -0.4 is 10.6 Å². The van der Waals surface area contributed by atoms with Gasteiger partial charge in [0.2, 0.25) is 5.91 Å². The Labute approximate surface area is 211 Å². The van der Waals surface area contributed by atoms with E-state index in [2.05, 4.69) is 20.8 Å². The van der Waals surface area contributed by atoms with E-state index in [0.717, 1.165) is 0 Å². The van der Waals surface area contributed by atoms with Crippen LogP contribution in [0.4, 0.5) is 11.4 Å². The summed E-state index contributed by atoms with van der Waals surface area (Å²) in [4.78, 5) is 35.5. The molecular formula is C23H25ClN6O4S. The van der Waals surface area contributed by atoms with Gasteiger partial charge in [-0.05, 0) is 37.1 Å². The van der Waals surface area contributed by atoms with Crippen molar-refractivity contribution >= 4 is 46.6 Å². The second-order valence-electron chi connectivity index (χ2n) is 7.90. The van der Waals surface area contributed by atoms with Gasteiger partial charge >= 0.3 is 0 Å². The first-order valence-electron chi connectivity index (χ1n) is 10.9. The molecule has 1 heterocycles. The van der Waals surface area contributed by atoms with Crippen molar-refractivity contribution in [3.05, 3.63) is 75.1 Å². The van der Waals surface area contributed by atoms with E-state index in [9.17, 15) is 19.7 Å². The van der Waals surface area contributed by atoms with Gasteiger partial charge in [-0.15, -0.1) is 10.2 Å². The Bertz CT molecular complexity index is 1210. The monoisotopic (exact) mass is 516 g/mol. The molecule has 12 heteroatoms. The quantitative estimate of drug-likeness (QED) is 0.226. The maximum atomic E-state index is 12.9. The number of benzene rings is 2. The zero-order chi connectivity index (χ0) is 25.5. The van der Waals surface area contributed by atoms with Crippen LogP contribution >= 0.6 is 23.4 Å². The molecular weight excluding hydrogens is 492 g/mol. The first-order valence-corrected chi connectivity index (χ1v) is 12.2. The summed E-state index contributed by atoms with van der Waals surface area (Å²) < 4.78 is 1.86. The molecule has 0 radical (unpaired) electrons. The number of nitro groups is 1. The van der Waals surface area contributed by atoms with Crippen LogP contribution in [0.2, 0.25) is 5.02 Å². The summed E-state index contributed by atoms with van der Waals surface area (Å²) in [6, 6.07) is 12.0. The smallest absolute Gasteiger partial charge is 0.269 e. The minimum Gasteiger partial charge on any atom is -0.342 e. The molecule has 184 valence electrons. The summed E-state index contributed by atoms with van der Waals surface area (Å²) in [5.41, 5.74) is 0.781. The number of nitro benzene ring substituents is 1. The van der Waals surface area contributed by atoms with Crippen molar-refractivity contribution in [3.63, 3.8) is 0 Å². The predicted molar refractivity (Wildman–Crippen MR) is 135 cm³/mol. The summed E-state index contributed by atoms with van der Waals surface area (Å²) in [5.74, 6) is 0.0634. The second-order valence-corrected chi connectivity index (χ2v) is 9.25. The molecule has 3 aromatic rings. The number of halogens is 1. The summed E-state index contributed by atoms with van der Waals surface area (Å²) >= 11 is 7.39. The number of amides is 2. The average Bonchev–Trinajstić information content (AvgIpc) is 3.24. The van der Waals surface area contributed by atoms with Crippen LogP contribution in [0.15, 0.2) is 53.7 Å². The highest BCUT2D eigenvalue weighted by Gasteiger charge is 2.26. The Morgan fingerprint density at radius 2 is 1.83 bits per heavy atom. The van der Waals surface area contributed by atoms with E-state index < -0.39 is 11.0 Å². The fraction of sp³-hybridized carbons (Fsp3) is 0.304. The zero-order valence-corrected chi connectivity index (χ0v) is 21.0. The first-order chi connectivity index (χ1) is 16.7. The van der Waals surface area contributed by atoms with E-state index in [4.69, 9.17) is 11.6 Å². The molecule has 2 amide bonds. The van der Waals surface area contributed by atoms with Gasteiger partial charge in [0.15, 0.2) is 11.0 Å². The number of thioether (sulfide) groups is 1. The number of non-ortho nitro benzene ring substituents is 1. The van der Waals surface area contributed by atoms with E-state index in [0.29, 0.717) is 33.8 Å². The first kappa shape index (κ1) is 26.2. The van der Waals surface area contributed by atoms with Crippen molar-refractivity contribution in [2.24, 2.45) is 5.92 Å². The van der Waals surface area contributed by atoms with Crippen LogP contribution in [0.3, 0.4) is 0 Å². The molecule has 2 aromatic carbocycles. The summed E-state index contributed by atoms with van der Waals surface area (Å²) in [7, 11) is 0. The van der Waals surface area contributed by atoms with Crippen LogP contribution in [-0.4, -0.2) is 37.3 Å². The topological polar surface area (TPSA) is 132 Å². The number of anilines is 1. The molecule has 0 aliphatic rings. The van der Waals surface area contributed by atoms with Gasteiger partial charge in [-0.3, -0.25) is 19.7 Å². The van der Waals surface area contributed by atoms with Crippen LogP contribution in [0.5, 0.6) is 0 Å². The molecule has 3 rings (SSSR count). The molecule has 2 N–H and O–H groups in total.